The zero-order chi connectivity index (χ0) is 12.1. The lowest BCUT2D eigenvalue weighted by atomic mass is 10.3. The number of rotatable bonds is 3. The standard InChI is InChI=1S/C12H14N4O/c1-9-7-11(17-16-9)8-14-12(13)15-10-5-3-2-4-6-10/h2-7H,8H2,1H3,(H3,13,14,15). The van der Waals surface area contributed by atoms with Gasteiger partial charge in [0.1, 0.15) is 6.54 Å². The molecular weight excluding hydrogens is 216 g/mol. The Labute approximate surface area is 99.3 Å². The van der Waals surface area contributed by atoms with Crippen LogP contribution in [0.15, 0.2) is 45.9 Å². The molecule has 1 aromatic carbocycles. The molecule has 0 radical (unpaired) electrons. The van der Waals surface area contributed by atoms with Gasteiger partial charge in [-0.3, -0.25) is 0 Å². The van der Waals surface area contributed by atoms with Crippen LogP contribution < -0.4 is 11.1 Å². The minimum atomic E-state index is 0.352. The molecule has 0 fully saturated rings. The number of aromatic nitrogens is 1. The predicted octanol–water partition coefficient (Wildman–Crippen LogP) is 1.91. The molecule has 1 aromatic heterocycles. The SMILES string of the molecule is Cc1cc(CN=C(N)Nc2ccccc2)on1. The van der Waals surface area contributed by atoms with Gasteiger partial charge in [0, 0.05) is 11.8 Å². The Morgan fingerprint density at radius 1 is 1.41 bits per heavy atom. The quantitative estimate of drug-likeness (QED) is 0.623. The lowest BCUT2D eigenvalue weighted by Gasteiger charge is -2.03. The Hall–Kier alpha value is -2.30. The zero-order valence-electron chi connectivity index (χ0n) is 9.55. The van der Waals surface area contributed by atoms with Crippen molar-refractivity contribution in [1.82, 2.24) is 5.16 Å². The predicted molar refractivity (Wildman–Crippen MR) is 66.6 cm³/mol. The molecule has 0 unspecified atom stereocenters. The summed E-state index contributed by atoms with van der Waals surface area (Å²) >= 11 is 0. The van der Waals surface area contributed by atoms with Crippen LogP contribution in [0.1, 0.15) is 11.5 Å². The number of guanidine groups is 1. The molecular formula is C12H14N4O. The Bertz CT molecular complexity index is 504. The third kappa shape index (κ3) is 3.34. The zero-order valence-corrected chi connectivity index (χ0v) is 9.55. The van der Waals surface area contributed by atoms with E-state index in [1.807, 2.05) is 43.3 Å². The summed E-state index contributed by atoms with van der Waals surface area (Å²) in [7, 11) is 0. The maximum Gasteiger partial charge on any atom is 0.193 e. The van der Waals surface area contributed by atoms with Crippen LogP contribution in [-0.2, 0) is 6.54 Å². The van der Waals surface area contributed by atoms with Crippen molar-refractivity contribution in [2.75, 3.05) is 5.32 Å². The highest BCUT2D eigenvalue weighted by atomic mass is 16.5. The number of nitrogens with one attached hydrogen (secondary N) is 1. The van der Waals surface area contributed by atoms with Gasteiger partial charge in [0.15, 0.2) is 11.7 Å². The van der Waals surface area contributed by atoms with Crippen LogP contribution in [0.4, 0.5) is 5.69 Å². The molecule has 0 aliphatic rings. The van der Waals surface area contributed by atoms with E-state index in [1.165, 1.54) is 0 Å². The molecule has 0 saturated carbocycles. The van der Waals surface area contributed by atoms with Crippen LogP contribution in [0.3, 0.4) is 0 Å². The molecule has 0 amide bonds. The van der Waals surface area contributed by atoms with Crippen molar-refractivity contribution in [2.45, 2.75) is 13.5 Å². The number of nitrogens with zero attached hydrogens (tertiary/aromatic N) is 2. The summed E-state index contributed by atoms with van der Waals surface area (Å²) in [5.41, 5.74) is 7.48. The minimum absolute atomic E-state index is 0.352. The van der Waals surface area contributed by atoms with E-state index < -0.39 is 0 Å². The van der Waals surface area contributed by atoms with Crippen LogP contribution in [0.25, 0.3) is 0 Å². The largest absolute Gasteiger partial charge is 0.370 e. The average Bonchev–Trinajstić information content (AvgIpc) is 2.74. The minimum Gasteiger partial charge on any atom is -0.370 e. The first-order valence-corrected chi connectivity index (χ1v) is 5.28. The van der Waals surface area contributed by atoms with Crippen LogP contribution in [-0.4, -0.2) is 11.1 Å². The topological polar surface area (TPSA) is 76.4 Å². The van der Waals surface area contributed by atoms with E-state index in [0.717, 1.165) is 11.4 Å². The number of nitrogens with two attached hydrogens (primary N) is 1. The van der Waals surface area contributed by atoms with Gasteiger partial charge in [-0.1, -0.05) is 23.4 Å². The highest BCUT2D eigenvalue weighted by Gasteiger charge is 1.99. The summed E-state index contributed by atoms with van der Waals surface area (Å²) in [4.78, 5) is 4.15. The summed E-state index contributed by atoms with van der Waals surface area (Å²) in [6, 6.07) is 11.5. The first-order chi connectivity index (χ1) is 8.24. The van der Waals surface area contributed by atoms with Crippen molar-refractivity contribution in [1.29, 1.82) is 0 Å². The first-order valence-electron chi connectivity index (χ1n) is 5.28. The van der Waals surface area contributed by atoms with Gasteiger partial charge >= 0.3 is 0 Å². The molecule has 0 bridgehead atoms. The normalized spacial score (nSPS) is 11.5. The molecule has 5 heteroatoms. The summed E-state index contributed by atoms with van der Waals surface area (Å²) in [6.07, 6.45) is 0. The highest BCUT2D eigenvalue weighted by molar-refractivity contribution is 5.92. The molecule has 1 heterocycles. The van der Waals surface area contributed by atoms with Gasteiger partial charge in [-0.05, 0) is 19.1 Å². The summed E-state index contributed by atoms with van der Waals surface area (Å²) < 4.78 is 5.02. The van der Waals surface area contributed by atoms with Crippen LogP contribution in [0.2, 0.25) is 0 Å². The number of para-hydroxylation sites is 1. The van der Waals surface area contributed by atoms with Crippen molar-refractivity contribution in [3.63, 3.8) is 0 Å². The van der Waals surface area contributed by atoms with Crippen LogP contribution in [0, 0.1) is 6.92 Å². The third-order valence-electron chi connectivity index (χ3n) is 2.13. The fourth-order valence-corrected chi connectivity index (χ4v) is 1.36. The second-order valence-corrected chi connectivity index (χ2v) is 3.63. The smallest absolute Gasteiger partial charge is 0.193 e. The molecule has 0 spiro atoms. The van der Waals surface area contributed by atoms with E-state index in [0.29, 0.717) is 18.3 Å². The van der Waals surface area contributed by atoms with E-state index in [9.17, 15) is 0 Å². The van der Waals surface area contributed by atoms with Crippen molar-refractivity contribution < 1.29 is 4.52 Å². The fourth-order valence-electron chi connectivity index (χ4n) is 1.36. The Morgan fingerprint density at radius 2 is 2.18 bits per heavy atom. The van der Waals surface area contributed by atoms with Gasteiger partial charge in [0.2, 0.25) is 0 Å². The van der Waals surface area contributed by atoms with E-state index in [1.54, 1.807) is 0 Å². The molecule has 0 aliphatic heterocycles. The second kappa shape index (κ2) is 5.16. The van der Waals surface area contributed by atoms with Gasteiger partial charge < -0.3 is 15.6 Å². The number of anilines is 1. The van der Waals surface area contributed by atoms with Crippen molar-refractivity contribution in [3.8, 4) is 0 Å². The molecule has 88 valence electrons. The van der Waals surface area contributed by atoms with Gasteiger partial charge in [-0.2, -0.15) is 0 Å². The molecule has 5 nitrogen and oxygen atoms in total. The fraction of sp³-hybridized carbons (Fsp3) is 0.167. The number of hydrogen-bond donors (Lipinski definition) is 2. The summed E-state index contributed by atoms with van der Waals surface area (Å²) in [5.74, 6) is 1.05. The maximum atomic E-state index is 5.74. The number of aliphatic imine (C=N–C) groups is 1. The molecule has 0 saturated heterocycles. The highest BCUT2D eigenvalue weighted by Crippen LogP contribution is 2.06. The maximum absolute atomic E-state index is 5.74. The molecule has 2 aromatic rings. The van der Waals surface area contributed by atoms with Crippen LogP contribution >= 0.6 is 0 Å². The number of aryl methyl sites for hydroxylation is 1. The summed E-state index contributed by atoms with van der Waals surface area (Å²) in [6.45, 7) is 2.24. The van der Waals surface area contributed by atoms with E-state index >= 15 is 0 Å². The molecule has 0 aliphatic carbocycles. The lowest BCUT2D eigenvalue weighted by Crippen LogP contribution is -2.22. The Kier molecular flexibility index (Phi) is 3.40. The van der Waals surface area contributed by atoms with Gasteiger partial charge in [-0.25, -0.2) is 4.99 Å². The molecule has 0 atom stereocenters. The Morgan fingerprint density at radius 3 is 2.82 bits per heavy atom. The van der Waals surface area contributed by atoms with Crippen molar-refractivity contribution >= 4 is 11.6 Å². The lowest BCUT2D eigenvalue weighted by molar-refractivity contribution is 0.381. The third-order valence-corrected chi connectivity index (χ3v) is 2.13. The van der Waals surface area contributed by atoms with E-state index in [4.69, 9.17) is 10.3 Å². The van der Waals surface area contributed by atoms with E-state index in [-0.39, 0.29) is 0 Å². The van der Waals surface area contributed by atoms with Gasteiger partial charge in [0.05, 0.1) is 5.69 Å². The average molecular weight is 230 g/mol. The molecule has 3 N–H and O–H groups in total. The van der Waals surface area contributed by atoms with Crippen molar-refractivity contribution in [2.24, 2.45) is 10.7 Å². The van der Waals surface area contributed by atoms with Crippen LogP contribution in [0.5, 0.6) is 0 Å². The number of benzene rings is 1. The Balaban J connectivity index is 1.94. The van der Waals surface area contributed by atoms with Gasteiger partial charge in [0.25, 0.3) is 0 Å². The molecule has 2 rings (SSSR count). The number of hydrogen-bond acceptors (Lipinski definition) is 3. The molecule has 17 heavy (non-hydrogen) atoms. The van der Waals surface area contributed by atoms with Gasteiger partial charge in [-0.15, -0.1) is 0 Å². The van der Waals surface area contributed by atoms with E-state index in [2.05, 4.69) is 15.5 Å². The summed E-state index contributed by atoms with van der Waals surface area (Å²) in [5, 5.41) is 6.76. The second-order valence-electron chi connectivity index (χ2n) is 3.63. The van der Waals surface area contributed by atoms with Crippen molar-refractivity contribution in [3.05, 3.63) is 47.9 Å². The monoisotopic (exact) mass is 230 g/mol. The first kappa shape index (κ1) is 11.2.